The van der Waals surface area contributed by atoms with Gasteiger partial charge in [0.05, 0.1) is 18.8 Å². The predicted octanol–water partition coefficient (Wildman–Crippen LogP) is 3.29. The first kappa shape index (κ1) is 25.4. The molecule has 0 heterocycles. The normalized spacial score (nSPS) is 46.6. The van der Waals surface area contributed by atoms with Crippen molar-refractivity contribution < 1.29 is 30.0 Å². The number of esters is 1. The van der Waals surface area contributed by atoms with Crippen LogP contribution in [0, 0.1) is 46.3 Å². The minimum atomic E-state index is -1.02. The van der Waals surface area contributed by atoms with Crippen LogP contribution in [0.2, 0.25) is 0 Å². The Hall–Kier alpha value is -0.690. The van der Waals surface area contributed by atoms with E-state index in [-0.39, 0.29) is 35.6 Å². The van der Waals surface area contributed by atoms with E-state index in [2.05, 4.69) is 20.8 Å². The Kier molecular flexibility index (Phi) is 7.51. The molecular formula is C27H46O6. The molecule has 4 aliphatic carbocycles. The van der Waals surface area contributed by atoms with E-state index in [4.69, 9.17) is 9.84 Å². The Morgan fingerprint density at radius 3 is 2.55 bits per heavy atom. The van der Waals surface area contributed by atoms with E-state index in [9.17, 15) is 20.1 Å². The van der Waals surface area contributed by atoms with Gasteiger partial charge in [-0.05, 0) is 104 Å². The van der Waals surface area contributed by atoms with Crippen molar-refractivity contribution in [3.63, 3.8) is 0 Å². The second kappa shape index (κ2) is 9.75. The van der Waals surface area contributed by atoms with Crippen molar-refractivity contribution in [3.05, 3.63) is 0 Å². The van der Waals surface area contributed by atoms with E-state index in [1.165, 1.54) is 19.3 Å². The van der Waals surface area contributed by atoms with Crippen molar-refractivity contribution in [3.8, 4) is 0 Å². The van der Waals surface area contributed by atoms with Crippen LogP contribution in [-0.2, 0) is 9.53 Å². The number of hydrogen-bond donors (Lipinski definition) is 4. The van der Waals surface area contributed by atoms with Crippen molar-refractivity contribution in [1.82, 2.24) is 0 Å². The van der Waals surface area contributed by atoms with Gasteiger partial charge in [-0.25, -0.2) is 0 Å². The highest BCUT2D eigenvalue weighted by atomic mass is 16.5. The van der Waals surface area contributed by atoms with Crippen LogP contribution in [0.1, 0.15) is 85.0 Å². The van der Waals surface area contributed by atoms with Gasteiger partial charge in [-0.3, -0.25) is 4.79 Å². The molecule has 11 atom stereocenters. The zero-order valence-corrected chi connectivity index (χ0v) is 20.8. The summed E-state index contributed by atoms with van der Waals surface area (Å²) in [6.07, 6.45) is 8.07. The second-order valence-corrected chi connectivity index (χ2v) is 12.4. The predicted molar refractivity (Wildman–Crippen MR) is 125 cm³/mol. The number of carbonyl (C=O) groups excluding carboxylic acids is 1. The van der Waals surface area contributed by atoms with Crippen molar-refractivity contribution in [2.75, 3.05) is 13.2 Å². The second-order valence-electron chi connectivity index (χ2n) is 12.4. The van der Waals surface area contributed by atoms with Crippen LogP contribution >= 0.6 is 0 Å². The van der Waals surface area contributed by atoms with E-state index < -0.39 is 12.7 Å². The van der Waals surface area contributed by atoms with Gasteiger partial charge in [0.1, 0.15) is 12.7 Å². The molecule has 4 N–H and O–H groups in total. The summed E-state index contributed by atoms with van der Waals surface area (Å²) in [5.74, 6) is 2.73. The average Bonchev–Trinajstić information content (AvgIpc) is 3.15. The average molecular weight is 467 g/mol. The molecule has 6 heteroatoms. The Balaban J connectivity index is 1.42. The Bertz CT molecular complexity index is 698. The molecule has 0 aromatic carbocycles. The third-order valence-electron chi connectivity index (χ3n) is 11.0. The van der Waals surface area contributed by atoms with Gasteiger partial charge in [0.25, 0.3) is 0 Å². The van der Waals surface area contributed by atoms with Gasteiger partial charge in [0.15, 0.2) is 0 Å². The molecule has 4 aliphatic rings. The molecule has 0 aliphatic heterocycles. The van der Waals surface area contributed by atoms with E-state index in [0.29, 0.717) is 41.9 Å². The lowest BCUT2D eigenvalue weighted by Crippen LogP contribution is -2.58. The standard InChI is InChI=1S/C27H46O6/c1-16(4-9-25(32)33-15-19(30)14-28)21-7-8-22-20-6-5-17-12-18(29)10-11-26(17,2)23(20)13-24(31)27(21,22)3/h16-24,28-31H,4-15H2,1-3H3/t16-,17?,18-,19?,20?,21-,22?,23?,24+,26+,27-/m1/s1. The smallest absolute Gasteiger partial charge is 0.305 e. The van der Waals surface area contributed by atoms with Crippen LogP contribution in [0.25, 0.3) is 0 Å². The van der Waals surface area contributed by atoms with Crippen LogP contribution in [0.15, 0.2) is 0 Å². The highest BCUT2D eigenvalue weighted by Gasteiger charge is 2.63. The Labute approximate surface area is 199 Å². The summed E-state index contributed by atoms with van der Waals surface area (Å²) in [4.78, 5) is 12.1. The zero-order chi connectivity index (χ0) is 24.0. The lowest BCUT2D eigenvalue weighted by molar-refractivity contribution is -0.175. The zero-order valence-electron chi connectivity index (χ0n) is 20.8. The Morgan fingerprint density at radius 1 is 1.06 bits per heavy atom. The largest absolute Gasteiger partial charge is 0.463 e. The fourth-order valence-corrected chi connectivity index (χ4v) is 9.02. The number of aliphatic hydroxyl groups is 4. The van der Waals surface area contributed by atoms with Gasteiger partial charge in [0.2, 0.25) is 0 Å². The number of fused-ring (bicyclic) bond motifs is 5. The molecule has 4 rings (SSSR count). The van der Waals surface area contributed by atoms with Crippen LogP contribution < -0.4 is 0 Å². The number of carbonyl (C=O) groups is 1. The highest BCUT2D eigenvalue weighted by Crippen LogP contribution is 2.68. The third-order valence-corrected chi connectivity index (χ3v) is 11.0. The van der Waals surface area contributed by atoms with Gasteiger partial charge >= 0.3 is 5.97 Å². The van der Waals surface area contributed by atoms with E-state index >= 15 is 0 Å². The van der Waals surface area contributed by atoms with Gasteiger partial charge in [0, 0.05) is 6.42 Å². The fraction of sp³-hybridized carbons (Fsp3) is 0.963. The van der Waals surface area contributed by atoms with Crippen LogP contribution in [0.4, 0.5) is 0 Å². The molecule has 0 aromatic rings. The lowest BCUT2D eigenvalue weighted by Gasteiger charge is -2.62. The molecule has 5 unspecified atom stereocenters. The SMILES string of the molecule is C[C@H](CCC(=O)OCC(O)CO)[C@H]1CCC2C3CCC4C[C@H](O)CC[C@]4(C)C3C[C@H](O)[C@@]21C. The minimum absolute atomic E-state index is 0.102. The van der Waals surface area contributed by atoms with Gasteiger partial charge < -0.3 is 25.2 Å². The Morgan fingerprint density at radius 2 is 1.82 bits per heavy atom. The molecule has 4 fully saturated rings. The number of aliphatic hydroxyl groups excluding tert-OH is 4. The molecule has 0 bridgehead atoms. The van der Waals surface area contributed by atoms with Crippen molar-refractivity contribution in [2.45, 2.75) is 103 Å². The molecule has 0 radical (unpaired) electrons. The molecule has 0 spiro atoms. The summed E-state index contributed by atoms with van der Waals surface area (Å²) in [5.41, 5.74) is 0.145. The number of hydrogen-bond acceptors (Lipinski definition) is 6. The maximum Gasteiger partial charge on any atom is 0.305 e. The topological polar surface area (TPSA) is 107 Å². The molecular weight excluding hydrogens is 420 g/mol. The quantitative estimate of drug-likeness (QED) is 0.429. The van der Waals surface area contributed by atoms with Crippen LogP contribution in [0.5, 0.6) is 0 Å². The molecule has 0 aromatic heterocycles. The van der Waals surface area contributed by atoms with Crippen molar-refractivity contribution in [2.24, 2.45) is 46.3 Å². The molecule has 0 saturated heterocycles. The monoisotopic (exact) mass is 466 g/mol. The maximum absolute atomic E-state index is 12.1. The van der Waals surface area contributed by atoms with Gasteiger partial charge in [-0.1, -0.05) is 20.8 Å². The third kappa shape index (κ3) is 4.50. The van der Waals surface area contributed by atoms with Crippen molar-refractivity contribution >= 4 is 5.97 Å². The number of rotatable bonds is 7. The van der Waals surface area contributed by atoms with Gasteiger partial charge in [-0.2, -0.15) is 0 Å². The molecule has 33 heavy (non-hydrogen) atoms. The molecule has 4 saturated carbocycles. The highest BCUT2D eigenvalue weighted by molar-refractivity contribution is 5.69. The van der Waals surface area contributed by atoms with Crippen molar-refractivity contribution in [1.29, 1.82) is 0 Å². The van der Waals surface area contributed by atoms with Crippen LogP contribution in [-0.4, -0.2) is 57.9 Å². The summed E-state index contributed by atoms with van der Waals surface area (Å²) >= 11 is 0. The molecule has 190 valence electrons. The molecule has 0 amide bonds. The first-order valence-corrected chi connectivity index (χ1v) is 13.4. The maximum atomic E-state index is 12.1. The summed E-state index contributed by atoms with van der Waals surface area (Å²) in [7, 11) is 0. The number of ether oxygens (including phenoxy) is 1. The summed E-state index contributed by atoms with van der Waals surface area (Å²) < 4.78 is 5.08. The van der Waals surface area contributed by atoms with Gasteiger partial charge in [-0.15, -0.1) is 0 Å². The summed E-state index contributed by atoms with van der Waals surface area (Å²) in [6.45, 7) is 6.41. The van der Waals surface area contributed by atoms with E-state index in [1.54, 1.807) is 0 Å². The summed E-state index contributed by atoms with van der Waals surface area (Å²) in [5, 5.41) is 40.1. The first-order chi connectivity index (χ1) is 15.6. The van der Waals surface area contributed by atoms with E-state index in [1.807, 2.05) is 0 Å². The lowest BCUT2D eigenvalue weighted by atomic mass is 9.43. The van der Waals surface area contributed by atoms with E-state index in [0.717, 1.165) is 38.5 Å². The first-order valence-electron chi connectivity index (χ1n) is 13.4. The van der Waals surface area contributed by atoms with Crippen LogP contribution in [0.3, 0.4) is 0 Å². The molecule has 6 nitrogen and oxygen atoms in total. The summed E-state index contributed by atoms with van der Waals surface area (Å²) in [6, 6.07) is 0. The fourth-order valence-electron chi connectivity index (χ4n) is 9.02. The minimum Gasteiger partial charge on any atom is -0.463 e.